The number of aliphatic hydroxyl groups excluding tert-OH is 1. The molecule has 144 valence electrons. The fourth-order valence-electron chi connectivity index (χ4n) is 3.51. The number of anilines is 1. The molecule has 1 aromatic rings. The summed E-state index contributed by atoms with van der Waals surface area (Å²) in [5, 5.41) is 16.1. The van der Waals surface area contributed by atoms with Gasteiger partial charge in [-0.1, -0.05) is 13.0 Å². The molecule has 2 aliphatic rings. The van der Waals surface area contributed by atoms with Gasteiger partial charge < -0.3 is 30.1 Å². The predicted molar refractivity (Wildman–Crippen MR) is 99.5 cm³/mol. The molecule has 2 saturated heterocycles. The Morgan fingerprint density at radius 3 is 2.88 bits per heavy atom. The van der Waals surface area contributed by atoms with Crippen molar-refractivity contribution in [1.82, 2.24) is 10.2 Å². The Labute approximate surface area is 154 Å². The summed E-state index contributed by atoms with van der Waals surface area (Å²) in [6, 6.07) is 6.36. The molecule has 2 amide bonds. The molecule has 0 aliphatic carbocycles. The fraction of sp³-hybridized carbons (Fsp3) is 0.632. The summed E-state index contributed by atoms with van der Waals surface area (Å²) in [5.41, 5.74) is 0.634. The molecule has 3 rings (SSSR count). The Balaban J connectivity index is 1.47. The van der Waals surface area contributed by atoms with E-state index in [-0.39, 0.29) is 12.1 Å². The van der Waals surface area contributed by atoms with Crippen LogP contribution in [0.15, 0.2) is 24.3 Å². The number of benzene rings is 1. The topological polar surface area (TPSA) is 83.1 Å². The fourth-order valence-corrected chi connectivity index (χ4v) is 3.51. The van der Waals surface area contributed by atoms with Crippen LogP contribution in [0.3, 0.4) is 0 Å². The molecule has 0 bridgehead atoms. The molecular formula is C19H29N3O4. The maximum Gasteiger partial charge on any atom is 0.319 e. The highest BCUT2D eigenvalue weighted by atomic mass is 16.5. The number of methoxy groups -OCH3 is 1. The van der Waals surface area contributed by atoms with Crippen molar-refractivity contribution in [2.45, 2.75) is 38.0 Å². The zero-order valence-corrected chi connectivity index (χ0v) is 15.5. The van der Waals surface area contributed by atoms with E-state index in [4.69, 9.17) is 9.47 Å². The first kappa shape index (κ1) is 18.9. The van der Waals surface area contributed by atoms with E-state index in [0.717, 1.165) is 19.0 Å². The van der Waals surface area contributed by atoms with Gasteiger partial charge >= 0.3 is 6.03 Å². The van der Waals surface area contributed by atoms with Crippen molar-refractivity contribution in [3.63, 3.8) is 0 Å². The maximum atomic E-state index is 12.2. The number of amides is 2. The molecule has 0 saturated carbocycles. The van der Waals surface area contributed by atoms with Gasteiger partial charge in [0, 0.05) is 18.3 Å². The highest BCUT2D eigenvalue weighted by Crippen LogP contribution is 2.21. The van der Waals surface area contributed by atoms with Crippen LogP contribution in [0.25, 0.3) is 0 Å². The minimum absolute atomic E-state index is 0.259. The van der Waals surface area contributed by atoms with Gasteiger partial charge in [-0.15, -0.1) is 0 Å². The number of piperidine rings is 1. The molecule has 7 heteroatoms. The van der Waals surface area contributed by atoms with E-state index in [0.29, 0.717) is 24.6 Å². The van der Waals surface area contributed by atoms with Crippen LogP contribution in [0.2, 0.25) is 0 Å². The van der Waals surface area contributed by atoms with Crippen LogP contribution < -0.4 is 15.4 Å². The Morgan fingerprint density at radius 1 is 1.38 bits per heavy atom. The quantitative estimate of drug-likeness (QED) is 0.741. The van der Waals surface area contributed by atoms with Crippen molar-refractivity contribution < 1.29 is 19.4 Å². The summed E-state index contributed by atoms with van der Waals surface area (Å²) in [4.78, 5) is 14.5. The number of urea groups is 1. The van der Waals surface area contributed by atoms with E-state index in [2.05, 4.69) is 22.5 Å². The normalized spacial score (nSPS) is 27.3. The van der Waals surface area contributed by atoms with Gasteiger partial charge in [-0.3, -0.25) is 0 Å². The molecule has 2 heterocycles. The first-order valence-corrected chi connectivity index (χ1v) is 9.28. The molecule has 0 radical (unpaired) electrons. The number of carbonyl (C=O) groups excluding carboxylic acids is 1. The maximum absolute atomic E-state index is 12.2. The van der Waals surface area contributed by atoms with Gasteiger partial charge in [0.25, 0.3) is 0 Å². The van der Waals surface area contributed by atoms with E-state index >= 15 is 0 Å². The van der Waals surface area contributed by atoms with Crippen LogP contribution in [0.4, 0.5) is 10.5 Å². The van der Waals surface area contributed by atoms with E-state index in [1.807, 2.05) is 6.07 Å². The van der Waals surface area contributed by atoms with E-state index < -0.39 is 12.1 Å². The van der Waals surface area contributed by atoms with E-state index in [9.17, 15) is 9.90 Å². The van der Waals surface area contributed by atoms with Gasteiger partial charge in [0.2, 0.25) is 0 Å². The van der Waals surface area contributed by atoms with Crippen molar-refractivity contribution in [3.8, 4) is 5.75 Å². The summed E-state index contributed by atoms with van der Waals surface area (Å²) in [6.45, 7) is 5.40. The van der Waals surface area contributed by atoms with Gasteiger partial charge in [0.05, 0.1) is 25.9 Å². The summed E-state index contributed by atoms with van der Waals surface area (Å²) >= 11 is 0. The minimum Gasteiger partial charge on any atom is -0.497 e. The molecular weight excluding hydrogens is 334 g/mol. The zero-order chi connectivity index (χ0) is 18.5. The second-order valence-electron chi connectivity index (χ2n) is 7.28. The van der Waals surface area contributed by atoms with Crippen molar-refractivity contribution in [2.24, 2.45) is 5.92 Å². The van der Waals surface area contributed by atoms with Crippen LogP contribution in [-0.2, 0) is 4.74 Å². The van der Waals surface area contributed by atoms with E-state index in [1.165, 1.54) is 12.8 Å². The largest absolute Gasteiger partial charge is 0.497 e. The molecule has 0 aromatic heterocycles. The zero-order valence-electron chi connectivity index (χ0n) is 15.5. The molecule has 3 N–H and O–H groups in total. The van der Waals surface area contributed by atoms with Gasteiger partial charge in [0.1, 0.15) is 11.9 Å². The number of hydrogen-bond acceptors (Lipinski definition) is 5. The predicted octanol–water partition coefficient (Wildman–Crippen LogP) is 1.68. The molecule has 1 aromatic carbocycles. The summed E-state index contributed by atoms with van der Waals surface area (Å²) in [6.07, 6.45) is 1.41. The van der Waals surface area contributed by atoms with Crippen LogP contribution in [0, 0.1) is 5.92 Å². The lowest BCUT2D eigenvalue weighted by atomic mass is 9.98. The number of aliphatic hydroxyl groups is 1. The number of nitrogens with one attached hydrogen (secondary N) is 2. The Morgan fingerprint density at radius 2 is 2.15 bits per heavy atom. The number of carbonyl (C=O) groups is 1. The third-order valence-corrected chi connectivity index (χ3v) is 5.24. The standard InChI is InChI=1S/C19H29N3O4/c1-13-6-8-22(9-7-13)11-17-18(23)16(12-26-17)21-19(24)20-14-4-3-5-15(10-14)25-2/h3-5,10,13,16-18,23H,6-9,11-12H2,1-2H3,(H2,20,21,24). The Bertz CT molecular complexity index is 604. The molecule has 0 spiro atoms. The smallest absolute Gasteiger partial charge is 0.319 e. The van der Waals surface area contributed by atoms with Crippen molar-refractivity contribution >= 4 is 11.7 Å². The van der Waals surface area contributed by atoms with E-state index in [1.54, 1.807) is 25.3 Å². The summed E-state index contributed by atoms with van der Waals surface area (Å²) < 4.78 is 10.9. The van der Waals surface area contributed by atoms with Crippen LogP contribution in [-0.4, -0.2) is 67.6 Å². The Hall–Kier alpha value is -1.83. The SMILES string of the molecule is COc1cccc(NC(=O)NC2COC(CN3CCC(C)CC3)C2O)c1. The summed E-state index contributed by atoms with van der Waals surface area (Å²) in [5.74, 6) is 1.44. The third kappa shape index (κ3) is 4.87. The third-order valence-electron chi connectivity index (χ3n) is 5.24. The molecule has 7 nitrogen and oxygen atoms in total. The average molecular weight is 363 g/mol. The second-order valence-corrected chi connectivity index (χ2v) is 7.28. The van der Waals surface area contributed by atoms with Gasteiger partial charge in [-0.2, -0.15) is 0 Å². The van der Waals surface area contributed by atoms with Crippen LogP contribution in [0.1, 0.15) is 19.8 Å². The highest BCUT2D eigenvalue weighted by Gasteiger charge is 2.38. The molecule has 3 atom stereocenters. The number of hydrogen-bond donors (Lipinski definition) is 3. The molecule has 26 heavy (non-hydrogen) atoms. The van der Waals surface area contributed by atoms with Crippen molar-refractivity contribution in [2.75, 3.05) is 38.7 Å². The minimum atomic E-state index is -0.703. The van der Waals surface area contributed by atoms with Crippen LogP contribution >= 0.6 is 0 Å². The number of rotatable bonds is 5. The van der Waals surface area contributed by atoms with Crippen molar-refractivity contribution in [3.05, 3.63) is 24.3 Å². The monoisotopic (exact) mass is 363 g/mol. The molecule has 2 fully saturated rings. The van der Waals surface area contributed by atoms with Gasteiger partial charge in [-0.25, -0.2) is 4.79 Å². The lowest BCUT2D eigenvalue weighted by Gasteiger charge is -2.32. The average Bonchev–Trinajstić information content (AvgIpc) is 2.97. The van der Waals surface area contributed by atoms with Crippen LogP contribution in [0.5, 0.6) is 5.75 Å². The number of ether oxygens (including phenoxy) is 2. The van der Waals surface area contributed by atoms with Gasteiger partial charge in [0.15, 0.2) is 0 Å². The lowest BCUT2D eigenvalue weighted by Crippen LogP contribution is -2.48. The summed E-state index contributed by atoms with van der Waals surface area (Å²) in [7, 11) is 1.58. The highest BCUT2D eigenvalue weighted by molar-refractivity contribution is 5.89. The molecule has 2 aliphatic heterocycles. The first-order valence-electron chi connectivity index (χ1n) is 9.28. The number of likely N-dealkylation sites (tertiary alicyclic amines) is 1. The lowest BCUT2D eigenvalue weighted by molar-refractivity contribution is 0.00883. The van der Waals surface area contributed by atoms with Gasteiger partial charge in [-0.05, 0) is 44.0 Å². The number of nitrogens with zero attached hydrogens (tertiary/aromatic N) is 1. The van der Waals surface area contributed by atoms with Crippen molar-refractivity contribution in [1.29, 1.82) is 0 Å². The second kappa shape index (κ2) is 8.70. The first-order chi connectivity index (χ1) is 12.5. The Kier molecular flexibility index (Phi) is 6.34. The molecule has 3 unspecified atom stereocenters.